The number of benzene rings is 1. The van der Waals surface area contributed by atoms with Crippen molar-refractivity contribution in [3.63, 3.8) is 0 Å². The van der Waals surface area contributed by atoms with Gasteiger partial charge in [-0.25, -0.2) is 4.79 Å². The van der Waals surface area contributed by atoms with Gasteiger partial charge in [0.1, 0.15) is 0 Å². The van der Waals surface area contributed by atoms with Crippen LogP contribution >= 0.6 is 11.6 Å². The van der Waals surface area contributed by atoms with Crippen molar-refractivity contribution in [3.05, 3.63) is 28.3 Å². The van der Waals surface area contributed by atoms with Crippen molar-refractivity contribution in [3.8, 4) is 0 Å². The maximum atomic E-state index is 11.6. The van der Waals surface area contributed by atoms with E-state index in [-0.39, 0.29) is 16.3 Å². The van der Waals surface area contributed by atoms with Crippen LogP contribution in [0.3, 0.4) is 0 Å². The van der Waals surface area contributed by atoms with Crippen molar-refractivity contribution in [2.24, 2.45) is 0 Å². The Morgan fingerprint density at radius 1 is 1.39 bits per heavy atom. The summed E-state index contributed by atoms with van der Waals surface area (Å²) in [6.07, 6.45) is 0. The maximum Gasteiger partial charge on any atom is 0.337 e. The number of carboxylic acid groups (broad SMARTS) is 1. The molecule has 1 rings (SSSR count). The number of hydrogen-bond donors (Lipinski definition) is 2. The molecule has 2 N–H and O–H groups in total. The third-order valence-electron chi connectivity index (χ3n) is 2.26. The van der Waals surface area contributed by atoms with E-state index in [1.54, 1.807) is 6.92 Å². The minimum absolute atomic E-state index is 0.0236. The molecule has 0 aliphatic rings. The number of carbonyl (C=O) groups is 1. The molecule has 0 unspecified atom stereocenters. The Balaban J connectivity index is 3.22. The van der Waals surface area contributed by atoms with Crippen LogP contribution in [0.15, 0.2) is 12.1 Å². The summed E-state index contributed by atoms with van der Waals surface area (Å²) in [5.74, 6) is -1.16. The van der Waals surface area contributed by atoms with Crippen LogP contribution in [0.4, 0.5) is 5.69 Å². The van der Waals surface area contributed by atoms with E-state index < -0.39 is 16.2 Å². The maximum absolute atomic E-state index is 11.6. The highest BCUT2D eigenvalue weighted by atomic mass is 35.5. The molecule has 0 aromatic heterocycles. The summed E-state index contributed by atoms with van der Waals surface area (Å²) in [4.78, 5) is 10.8. The van der Waals surface area contributed by atoms with E-state index >= 15 is 0 Å². The topological polar surface area (TPSA) is 86.7 Å². The number of rotatable bonds is 4. The van der Waals surface area contributed by atoms with Crippen molar-refractivity contribution in [1.29, 1.82) is 0 Å². The summed E-state index contributed by atoms with van der Waals surface area (Å²) < 4.78 is 26.6. The highest BCUT2D eigenvalue weighted by Crippen LogP contribution is 2.26. The van der Waals surface area contributed by atoms with Gasteiger partial charge in [0.25, 0.3) is 0 Å². The second-order valence-electron chi connectivity index (χ2n) is 3.84. The lowest BCUT2D eigenvalue weighted by Crippen LogP contribution is -2.29. The number of anilines is 1. The van der Waals surface area contributed by atoms with Crippen molar-refractivity contribution in [1.82, 2.24) is 4.31 Å². The molecular formula is C10H13ClN2O4S. The van der Waals surface area contributed by atoms with Gasteiger partial charge in [0, 0.05) is 14.1 Å². The lowest BCUT2D eigenvalue weighted by atomic mass is 10.1. The fraction of sp³-hybridized carbons (Fsp3) is 0.300. The SMILES string of the molecule is Cc1cc(C(=O)O)c(Cl)cc1NS(=O)(=O)N(C)C. The van der Waals surface area contributed by atoms with E-state index in [4.69, 9.17) is 16.7 Å². The molecule has 100 valence electrons. The van der Waals surface area contributed by atoms with Crippen LogP contribution in [0.1, 0.15) is 15.9 Å². The minimum atomic E-state index is -3.65. The van der Waals surface area contributed by atoms with Crippen LogP contribution in [-0.4, -0.2) is 37.9 Å². The lowest BCUT2D eigenvalue weighted by molar-refractivity contribution is 0.0697. The molecule has 0 atom stereocenters. The van der Waals surface area contributed by atoms with Crippen LogP contribution in [0, 0.1) is 6.92 Å². The van der Waals surface area contributed by atoms with Gasteiger partial charge in [-0.1, -0.05) is 11.6 Å². The Bertz CT molecular complexity index is 584. The van der Waals surface area contributed by atoms with Crippen LogP contribution in [-0.2, 0) is 10.2 Å². The molecule has 0 spiro atoms. The molecule has 0 heterocycles. The first-order chi connectivity index (χ1) is 8.15. The predicted molar refractivity (Wildman–Crippen MR) is 69.4 cm³/mol. The largest absolute Gasteiger partial charge is 0.478 e. The van der Waals surface area contributed by atoms with E-state index in [2.05, 4.69) is 4.72 Å². The van der Waals surface area contributed by atoms with E-state index in [1.807, 2.05) is 0 Å². The molecule has 8 heteroatoms. The van der Waals surface area contributed by atoms with E-state index in [0.717, 1.165) is 4.31 Å². The zero-order valence-electron chi connectivity index (χ0n) is 10.1. The number of carboxylic acids is 1. The van der Waals surface area contributed by atoms with Gasteiger partial charge < -0.3 is 5.11 Å². The Labute approximate surface area is 110 Å². The summed E-state index contributed by atoms with van der Waals surface area (Å²) in [6.45, 7) is 1.59. The Kier molecular flexibility index (Phi) is 4.20. The van der Waals surface area contributed by atoms with Gasteiger partial charge in [-0.05, 0) is 24.6 Å². The number of halogens is 1. The van der Waals surface area contributed by atoms with Crippen LogP contribution < -0.4 is 4.72 Å². The monoisotopic (exact) mass is 292 g/mol. The number of aromatic carboxylic acids is 1. The molecule has 1 aromatic rings. The molecule has 0 aliphatic carbocycles. The third-order valence-corrected chi connectivity index (χ3v) is 4.02. The van der Waals surface area contributed by atoms with Gasteiger partial charge in [-0.2, -0.15) is 12.7 Å². The van der Waals surface area contributed by atoms with Crippen LogP contribution in [0.25, 0.3) is 0 Å². The normalized spacial score (nSPS) is 11.6. The van der Waals surface area contributed by atoms with Crippen LogP contribution in [0.2, 0.25) is 5.02 Å². The highest BCUT2D eigenvalue weighted by molar-refractivity contribution is 7.90. The zero-order valence-corrected chi connectivity index (χ0v) is 11.6. The second kappa shape index (κ2) is 5.13. The average molecular weight is 293 g/mol. The molecular weight excluding hydrogens is 280 g/mol. The first-order valence-corrected chi connectivity index (χ1v) is 6.70. The fourth-order valence-corrected chi connectivity index (χ4v) is 2.11. The van der Waals surface area contributed by atoms with Crippen molar-refractivity contribution in [2.75, 3.05) is 18.8 Å². The zero-order chi connectivity index (χ0) is 14.1. The van der Waals surface area contributed by atoms with Gasteiger partial charge in [0.05, 0.1) is 16.3 Å². The first-order valence-electron chi connectivity index (χ1n) is 4.89. The molecule has 18 heavy (non-hydrogen) atoms. The Morgan fingerprint density at radius 2 is 1.94 bits per heavy atom. The average Bonchev–Trinajstić information content (AvgIpc) is 2.21. The quantitative estimate of drug-likeness (QED) is 0.882. The standard InChI is InChI=1S/C10H13ClN2O4S/c1-6-4-7(10(14)15)8(11)5-9(6)12-18(16,17)13(2)3/h4-5,12H,1-3H3,(H,14,15). The Morgan fingerprint density at radius 3 is 2.39 bits per heavy atom. The summed E-state index contributed by atoms with van der Waals surface area (Å²) in [6, 6.07) is 2.60. The minimum Gasteiger partial charge on any atom is -0.478 e. The molecule has 0 fully saturated rings. The highest BCUT2D eigenvalue weighted by Gasteiger charge is 2.17. The fourth-order valence-electron chi connectivity index (χ4n) is 1.19. The molecule has 0 radical (unpaired) electrons. The molecule has 0 saturated carbocycles. The van der Waals surface area contributed by atoms with Crippen molar-refractivity contribution in [2.45, 2.75) is 6.92 Å². The van der Waals surface area contributed by atoms with Crippen molar-refractivity contribution >= 4 is 33.5 Å². The van der Waals surface area contributed by atoms with E-state index in [9.17, 15) is 13.2 Å². The van der Waals surface area contributed by atoms with Gasteiger partial charge in [0.2, 0.25) is 0 Å². The smallest absolute Gasteiger partial charge is 0.337 e. The molecule has 0 saturated heterocycles. The molecule has 0 amide bonds. The second-order valence-corrected chi connectivity index (χ2v) is 6.13. The molecule has 0 bridgehead atoms. The molecule has 0 aliphatic heterocycles. The Hall–Kier alpha value is -1.31. The first kappa shape index (κ1) is 14.7. The van der Waals surface area contributed by atoms with E-state index in [0.29, 0.717) is 5.56 Å². The number of nitrogens with zero attached hydrogens (tertiary/aromatic N) is 1. The van der Waals surface area contributed by atoms with Gasteiger partial charge in [-0.15, -0.1) is 0 Å². The summed E-state index contributed by atoms with van der Waals surface area (Å²) in [7, 11) is -0.887. The number of hydrogen-bond acceptors (Lipinski definition) is 3. The summed E-state index contributed by atoms with van der Waals surface area (Å²) in [5, 5.41) is 8.85. The lowest BCUT2D eigenvalue weighted by Gasteiger charge is -2.15. The number of aryl methyl sites for hydroxylation is 1. The van der Waals surface area contributed by atoms with Gasteiger partial charge in [0.15, 0.2) is 0 Å². The predicted octanol–water partition coefficient (Wildman–Crippen LogP) is 1.56. The summed E-state index contributed by atoms with van der Waals surface area (Å²) >= 11 is 5.78. The van der Waals surface area contributed by atoms with Crippen molar-refractivity contribution < 1.29 is 18.3 Å². The number of nitrogens with one attached hydrogen (secondary N) is 1. The molecule has 6 nitrogen and oxygen atoms in total. The van der Waals surface area contributed by atoms with Crippen LogP contribution in [0.5, 0.6) is 0 Å². The summed E-state index contributed by atoms with van der Waals surface area (Å²) in [5.41, 5.74) is 0.655. The van der Waals surface area contributed by atoms with Gasteiger partial charge >= 0.3 is 16.2 Å². The van der Waals surface area contributed by atoms with Gasteiger partial charge in [-0.3, -0.25) is 4.72 Å². The van der Waals surface area contributed by atoms with E-state index in [1.165, 1.54) is 26.2 Å². The third kappa shape index (κ3) is 3.12. The molecule has 1 aromatic carbocycles.